The van der Waals surface area contributed by atoms with Gasteiger partial charge in [0, 0.05) is 0 Å². The van der Waals surface area contributed by atoms with Gasteiger partial charge in [-0.15, -0.1) is 0 Å². The van der Waals surface area contributed by atoms with Gasteiger partial charge in [0.2, 0.25) is 46.0 Å². The fourth-order valence-electron chi connectivity index (χ4n) is 11.3. The van der Waals surface area contributed by atoms with Gasteiger partial charge >= 0.3 is 0 Å². The van der Waals surface area contributed by atoms with Gasteiger partial charge in [-0.2, -0.15) is 0 Å². The second-order valence-electron chi connectivity index (χ2n) is 20.6. The smallest absolute Gasteiger partial charge is 0.211 e. The number of ether oxygens (including phenoxy) is 18. The van der Waals surface area contributed by atoms with Crippen LogP contribution < -0.4 is 85.3 Å². The summed E-state index contributed by atoms with van der Waals surface area (Å²) in [6, 6.07) is 57.3. The molecule has 18 nitrogen and oxygen atoms in total. The average Bonchev–Trinajstić information content (AvgIpc) is 0.715. The Morgan fingerprint density at radius 1 is 0.135 bits per heavy atom. The predicted molar refractivity (Wildman–Crippen MR) is 375 cm³/mol. The van der Waals surface area contributed by atoms with Gasteiger partial charge in [-0.3, -0.25) is 0 Å². The summed E-state index contributed by atoms with van der Waals surface area (Å²) in [4.78, 5) is 0. The predicted octanol–water partition coefficient (Wildman–Crippen LogP) is 16.9. The van der Waals surface area contributed by atoms with E-state index in [0.29, 0.717) is 69.0 Å². The zero-order valence-corrected chi connectivity index (χ0v) is 57.5. The first-order valence-electron chi connectivity index (χ1n) is 30.0. The van der Waals surface area contributed by atoms with E-state index in [1.54, 1.807) is 85.3 Å². The molecule has 96 heavy (non-hydrogen) atoms. The lowest BCUT2D eigenvalue weighted by Gasteiger charge is -2.29. The minimum atomic E-state index is 0.384. The van der Waals surface area contributed by atoms with Crippen LogP contribution in [0, 0.1) is 0 Å². The number of methoxy groups -OCH3 is 18. The molecule has 0 amide bonds. The van der Waals surface area contributed by atoms with Gasteiger partial charge in [0.15, 0.2) is 23.0 Å². The highest BCUT2D eigenvalue weighted by molar-refractivity contribution is 6.15. The highest BCUT2D eigenvalue weighted by Gasteiger charge is 2.32. The lowest BCUT2D eigenvalue weighted by atomic mass is 9.74. The van der Waals surface area contributed by atoms with E-state index in [-0.39, 0.29) is 0 Å². The van der Waals surface area contributed by atoms with Crippen molar-refractivity contribution in [1.82, 2.24) is 0 Å². The van der Waals surface area contributed by atoms with E-state index < -0.39 is 0 Å². The van der Waals surface area contributed by atoms with Crippen LogP contribution in [-0.4, -0.2) is 128 Å². The lowest BCUT2D eigenvalue weighted by molar-refractivity contribution is 0.268. The summed E-state index contributed by atoms with van der Waals surface area (Å²) < 4.78 is 97.9. The summed E-state index contributed by atoms with van der Waals surface area (Å²) in [6.45, 7) is 0. The third-order valence-electron chi connectivity index (χ3n) is 15.9. The van der Waals surface area contributed by atoms with Gasteiger partial charge in [-0.05, 0) is 175 Å². The molecule has 0 fully saturated rings. The van der Waals surface area contributed by atoms with Crippen LogP contribution in [0.1, 0.15) is 0 Å². The van der Waals surface area contributed by atoms with Crippen LogP contribution in [0.2, 0.25) is 0 Å². The maximum Gasteiger partial charge on any atom is 0.211 e. The first-order chi connectivity index (χ1) is 46.8. The van der Waals surface area contributed by atoms with Crippen LogP contribution in [0.15, 0.2) is 170 Å². The number of hydrogen-bond acceptors (Lipinski definition) is 18. The van der Waals surface area contributed by atoms with Gasteiger partial charge in [0.25, 0.3) is 0 Å². The van der Waals surface area contributed by atoms with Crippen molar-refractivity contribution in [3.63, 3.8) is 0 Å². The Kier molecular flexibility index (Phi) is 24.5. The molecular formula is C78H82O18. The Morgan fingerprint density at radius 3 is 0.375 bits per heavy atom. The first-order valence-corrected chi connectivity index (χ1v) is 30.0. The van der Waals surface area contributed by atoms with E-state index in [0.717, 1.165) is 112 Å². The average molecular weight is 1310 g/mol. The molecule has 10 aromatic carbocycles. The van der Waals surface area contributed by atoms with Crippen molar-refractivity contribution in [3.05, 3.63) is 170 Å². The monoisotopic (exact) mass is 1310 g/mol. The van der Waals surface area contributed by atoms with E-state index in [2.05, 4.69) is 72.8 Å². The van der Waals surface area contributed by atoms with E-state index in [4.69, 9.17) is 85.3 Å². The van der Waals surface area contributed by atoms with Crippen LogP contribution >= 0.6 is 0 Å². The topological polar surface area (TPSA) is 166 Å². The van der Waals surface area contributed by atoms with Gasteiger partial charge in [0.1, 0.15) is 34.5 Å². The van der Waals surface area contributed by atoms with Crippen LogP contribution in [0.3, 0.4) is 0 Å². The number of rotatable bonds is 25. The molecule has 10 aromatic rings. The molecule has 0 bridgehead atoms. The maximum atomic E-state index is 5.65. The summed E-state index contributed by atoms with van der Waals surface area (Å²) in [5.41, 5.74) is 14.2. The van der Waals surface area contributed by atoms with E-state index in [1.807, 2.05) is 97.1 Å². The molecule has 0 saturated carbocycles. The minimum absolute atomic E-state index is 0.384. The molecule has 0 unspecified atom stereocenters. The third kappa shape index (κ3) is 14.8. The zero-order valence-electron chi connectivity index (χ0n) is 57.5. The number of benzene rings is 10. The van der Waals surface area contributed by atoms with Crippen LogP contribution in [0.4, 0.5) is 0 Å². The van der Waals surface area contributed by atoms with Crippen LogP contribution in [-0.2, 0) is 0 Å². The van der Waals surface area contributed by atoms with Gasteiger partial charge < -0.3 is 85.3 Å². The fourth-order valence-corrected chi connectivity index (χ4v) is 11.3. The van der Waals surface area contributed by atoms with Crippen molar-refractivity contribution in [2.24, 2.45) is 0 Å². The highest BCUT2D eigenvalue weighted by atomic mass is 16.6. The Balaban J connectivity index is 0.000000230. The molecule has 18 heteroatoms. The molecule has 0 saturated heterocycles. The van der Waals surface area contributed by atoms with Gasteiger partial charge in [-0.1, -0.05) is 72.8 Å². The van der Waals surface area contributed by atoms with Crippen LogP contribution in [0.5, 0.6) is 103 Å². The molecule has 0 aromatic heterocycles. The molecule has 0 aliphatic heterocycles. The van der Waals surface area contributed by atoms with Crippen molar-refractivity contribution in [1.29, 1.82) is 0 Å². The van der Waals surface area contributed by atoms with Crippen molar-refractivity contribution in [2.45, 2.75) is 0 Å². The Morgan fingerprint density at radius 2 is 0.271 bits per heavy atom. The van der Waals surface area contributed by atoms with E-state index in [1.165, 1.54) is 42.7 Å². The van der Waals surface area contributed by atoms with E-state index >= 15 is 0 Å². The SMILES string of the molecule is COc1c(OC)c(OC)c(OC)c(OC)c1OC.COc1cc(-c2cc(OC)c(OC)c(OC)c2)cc(OC)c1OC.COc1ccc(-c2c(-c3ccc(OC)cc3)c(-c3ccc(OC)cc3)c(-c3ccc(OC)cc3)c(-c3ccc(OC)cc3)c2-c2ccc(OC)cc2)cc1. The van der Waals surface area contributed by atoms with Crippen molar-refractivity contribution < 1.29 is 85.3 Å². The van der Waals surface area contributed by atoms with Crippen molar-refractivity contribution in [3.8, 4) is 181 Å². The van der Waals surface area contributed by atoms with Gasteiger partial charge in [-0.25, -0.2) is 0 Å². The standard InChI is InChI=1S/C48H42O6.C18H22O6.C12H18O6/c1-49-37-19-7-31(8-20-37)43-44(32-9-21-38(50-2)22-10-32)46(34-13-25-40(52-4)26-14-34)48(36-17-29-42(54-6)30-18-36)47(35-15-27-41(53-5)28-16-35)45(43)33-11-23-39(51-3)24-12-33;1-19-13-7-11(8-14(20-2)17(13)23-5)12-9-15(21-3)18(24-6)16(10-12)22-4;1-13-7-8(14-2)10(16-4)12(18-6)11(17-5)9(7)15-3/h7-30H,1-6H3;7-10H,1-6H3;1-6H3. The minimum Gasteiger partial charge on any atom is -0.497 e. The molecule has 0 heterocycles. The van der Waals surface area contributed by atoms with Crippen molar-refractivity contribution >= 4 is 0 Å². The lowest BCUT2D eigenvalue weighted by Crippen LogP contribution is -2.03. The molecule has 0 aliphatic carbocycles. The zero-order chi connectivity index (χ0) is 69.0. The molecule has 0 N–H and O–H groups in total. The largest absolute Gasteiger partial charge is 0.497 e. The molecule has 0 atom stereocenters. The fraction of sp³-hybridized carbons (Fsp3) is 0.231. The quantitative estimate of drug-likeness (QED) is 0.0530. The summed E-state index contributed by atoms with van der Waals surface area (Å²) in [5.74, 6) is 10.3. The molecule has 0 spiro atoms. The van der Waals surface area contributed by atoms with Gasteiger partial charge in [0.05, 0.1) is 128 Å². The second kappa shape index (κ2) is 33.4. The summed E-state index contributed by atoms with van der Waals surface area (Å²) in [6.07, 6.45) is 0. The molecule has 0 radical (unpaired) electrons. The summed E-state index contributed by atoms with van der Waals surface area (Å²) in [7, 11) is 28.6. The molecule has 10 rings (SSSR count). The number of hydrogen-bond donors (Lipinski definition) is 0. The van der Waals surface area contributed by atoms with E-state index in [9.17, 15) is 0 Å². The first kappa shape index (κ1) is 70.5. The normalized spacial score (nSPS) is 10.4. The molecule has 502 valence electrons. The second-order valence-corrected chi connectivity index (χ2v) is 20.6. The molecular weight excluding hydrogens is 1220 g/mol. The summed E-state index contributed by atoms with van der Waals surface area (Å²) in [5, 5.41) is 0. The van der Waals surface area contributed by atoms with Crippen molar-refractivity contribution in [2.75, 3.05) is 128 Å². The summed E-state index contributed by atoms with van der Waals surface area (Å²) >= 11 is 0. The molecule has 0 aliphatic rings. The maximum absolute atomic E-state index is 5.65. The Labute approximate surface area is 562 Å². The third-order valence-corrected chi connectivity index (χ3v) is 15.9. The highest BCUT2D eigenvalue weighted by Crippen LogP contribution is 2.59. The Hall–Kier alpha value is -11.4. The Bertz CT molecular complexity index is 3480. The van der Waals surface area contributed by atoms with Crippen LogP contribution in [0.25, 0.3) is 77.9 Å².